The van der Waals surface area contributed by atoms with Crippen molar-refractivity contribution in [2.45, 2.75) is 32.2 Å². The Hall–Kier alpha value is -0.280. The minimum absolute atomic E-state index is 0.0632. The minimum Gasteiger partial charge on any atom is -0.396 e. The number of nitrogens with one attached hydrogen (secondary N) is 1. The maximum absolute atomic E-state index is 9.53. The molecule has 0 aromatic heterocycles. The molecule has 1 aromatic carbocycles. The third kappa shape index (κ3) is 3.18. The molecule has 1 aliphatic carbocycles. The van der Waals surface area contributed by atoms with Crippen LogP contribution in [0.3, 0.4) is 0 Å². The van der Waals surface area contributed by atoms with E-state index < -0.39 is 0 Å². The molecule has 0 atom stereocenters. The van der Waals surface area contributed by atoms with Crippen LogP contribution in [0.2, 0.25) is 10.0 Å². The molecule has 2 N–H and O–H groups in total. The van der Waals surface area contributed by atoms with E-state index in [1.165, 1.54) is 12.8 Å². The fraction of sp³-hybridized carbons (Fsp3) is 0.571. The van der Waals surface area contributed by atoms with Gasteiger partial charge in [0.1, 0.15) is 0 Å². The maximum Gasteiger partial charge on any atom is 0.0499 e. The molecule has 0 bridgehead atoms. The summed E-state index contributed by atoms with van der Waals surface area (Å²) in [5.74, 6) is 0. The molecule has 0 saturated heterocycles. The van der Waals surface area contributed by atoms with Gasteiger partial charge in [-0.2, -0.15) is 0 Å². The van der Waals surface area contributed by atoms with Gasteiger partial charge in [-0.15, -0.1) is 0 Å². The highest BCUT2D eigenvalue weighted by molar-refractivity contribution is 6.35. The molecule has 2 nitrogen and oxygen atoms in total. The molecule has 2 rings (SSSR count). The van der Waals surface area contributed by atoms with E-state index in [1.54, 1.807) is 0 Å². The van der Waals surface area contributed by atoms with Crippen molar-refractivity contribution >= 4 is 23.2 Å². The summed E-state index contributed by atoms with van der Waals surface area (Å²) in [6, 6.07) is 5.55. The molecule has 1 aliphatic rings. The summed E-state index contributed by atoms with van der Waals surface area (Å²) in [5.41, 5.74) is 1.00. The van der Waals surface area contributed by atoms with E-state index >= 15 is 0 Å². The molecule has 4 heteroatoms. The first kappa shape index (κ1) is 14.1. The molecule has 0 aliphatic heterocycles. The average Bonchev–Trinajstić information content (AvgIpc) is 2.82. The summed E-state index contributed by atoms with van der Waals surface area (Å²) in [6.45, 7) is 1.74. The van der Waals surface area contributed by atoms with Crippen molar-refractivity contribution in [3.63, 3.8) is 0 Å². The van der Waals surface area contributed by atoms with Gasteiger partial charge in [-0.3, -0.25) is 0 Å². The lowest BCUT2D eigenvalue weighted by Crippen LogP contribution is -2.34. The molecule has 0 amide bonds. The highest BCUT2D eigenvalue weighted by Crippen LogP contribution is 2.37. The number of rotatable bonds is 5. The van der Waals surface area contributed by atoms with Crippen LogP contribution in [0.1, 0.15) is 31.2 Å². The van der Waals surface area contributed by atoms with Crippen LogP contribution in [0, 0.1) is 5.41 Å². The van der Waals surface area contributed by atoms with Crippen molar-refractivity contribution in [2.24, 2.45) is 5.41 Å². The molecular weight excluding hydrogens is 269 g/mol. The minimum atomic E-state index is 0.0632. The number of hydrogen-bond donors (Lipinski definition) is 2. The Morgan fingerprint density at radius 3 is 2.33 bits per heavy atom. The van der Waals surface area contributed by atoms with E-state index in [0.717, 1.165) is 24.9 Å². The Bertz CT molecular complexity index is 383. The van der Waals surface area contributed by atoms with Crippen molar-refractivity contribution in [3.05, 3.63) is 33.8 Å². The summed E-state index contributed by atoms with van der Waals surface area (Å²) in [4.78, 5) is 0. The Labute approximate surface area is 118 Å². The molecule has 1 saturated carbocycles. The molecule has 100 valence electrons. The number of halogens is 2. The van der Waals surface area contributed by atoms with Gasteiger partial charge in [0, 0.05) is 40.7 Å². The second kappa shape index (κ2) is 6.25. The van der Waals surface area contributed by atoms with Crippen LogP contribution < -0.4 is 5.32 Å². The number of aliphatic hydroxyl groups is 1. The van der Waals surface area contributed by atoms with Gasteiger partial charge in [0.2, 0.25) is 0 Å². The van der Waals surface area contributed by atoms with Gasteiger partial charge in [0.25, 0.3) is 0 Å². The number of benzene rings is 1. The lowest BCUT2D eigenvalue weighted by Gasteiger charge is -2.27. The van der Waals surface area contributed by atoms with Crippen LogP contribution >= 0.6 is 23.2 Å². The van der Waals surface area contributed by atoms with Gasteiger partial charge in [-0.05, 0) is 25.0 Å². The van der Waals surface area contributed by atoms with Gasteiger partial charge in [0.15, 0.2) is 0 Å². The van der Waals surface area contributed by atoms with Crippen LogP contribution in [0.15, 0.2) is 18.2 Å². The zero-order valence-corrected chi connectivity index (χ0v) is 11.9. The average molecular weight is 288 g/mol. The molecular formula is C14H19Cl2NO. The van der Waals surface area contributed by atoms with Crippen LogP contribution in [0.25, 0.3) is 0 Å². The SMILES string of the molecule is OCC1(CNCc2c(Cl)cccc2Cl)CCCC1. The molecule has 0 heterocycles. The first-order valence-corrected chi connectivity index (χ1v) is 7.17. The molecule has 0 unspecified atom stereocenters. The van der Waals surface area contributed by atoms with E-state index in [9.17, 15) is 5.11 Å². The predicted molar refractivity (Wildman–Crippen MR) is 76.2 cm³/mol. The molecule has 0 spiro atoms. The highest BCUT2D eigenvalue weighted by Gasteiger charge is 2.32. The summed E-state index contributed by atoms with van der Waals surface area (Å²) >= 11 is 12.2. The molecule has 0 radical (unpaired) electrons. The predicted octanol–water partition coefficient (Wildman–Crippen LogP) is 3.64. The van der Waals surface area contributed by atoms with Crippen LogP contribution in [0.5, 0.6) is 0 Å². The van der Waals surface area contributed by atoms with Gasteiger partial charge in [-0.25, -0.2) is 0 Å². The van der Waals surface area contributed by atoms with Gasteiger partial charge >= 0.3 is 0 Å². The van der Waals surface area contributed by atoms with E-state index in [0.29, 0.717) is 16.6 Å². The third-order valence-electron chi connectivity index (χ3n) is 3.86. The Balaban J connectivity index is 1.92. The highest BCUT2D eigenvalue weighted by atomic mass is 35.5. The van der Waals surface area contributed by atoms with E-state index in [-0.39, 0.29) is 12.0 Å². The van der Waals surface area contributed by atoms with Gasteiger partial charge in [0.05, 0.1) is 0 Å². The lowest BCUT2D eigenvalue weighted by molar-refractivity contribution is 0.128. The van der Waals surface area contributed by atoms with Crippen LogP contribution in [-0.4, -0.2) is 18.3 Å². The van der Waals surface area contributed by atoms with E-state index in [2.05, 4.69) is 5.32 Å². The standard InChI is InChI=1S/C14H19Cl2NO/c15-12-4-3-5-13(16)11(12)8-17-9-14(10-18)6-1-2-7-14/h3-5,17-18H,1-2,6-10H2. The fourth-order valence-corrected chi connectivity index (χ4v) is 3.20. The monoisotopic (exact) mass is 287 g/mol. The Kier molecular flexibility index (Phi) is 4.91. The first-order valence-electron chi connectivity index (χ1n) is 6.41. The van der Waals surface area contributed by atoms with Crippen molar-refractivity contribution in [2.75, 3.05) is 13.2 Å². The summed E-state index contributed by atoms with van der Waals surface area (Å²) in [6.07, 6.45) is 4.64. The third-order valence-corrected chi connectivity index (χ3v) is 4.57. The summed E-state index contributed by atoms with van der Waals surface area (Å²) < 4.78 is 0. The molecule has 1 fully saturated rings. The second-order valence-electron chi connectivity index (χ2n) is 5.17. The number of hydrogen-bond acceptors (Lipinski definition) is 2. The summed E-state index contributed by atoms with van der Waals surface area (Å²) in [5, 5.41) is 14.3. The lowest BCUT2D eigenvalue weighted by atomic mass is 9.87. The van der Waals surface area contributed by atoms with E-state index in [4.69, 9.17) is 23.2 Å². The quantitative estimate of drug-likeness (QED) is 0.867. The largest absolute Gasteiger partial charge is 0.396 e. The summed E-state index contributed by atoms with van der Waals surface area (Å²) in [7, 11) is 0. The van der Waals surface area contributed by atoms with Gasteiger partial charge in [-0.1, -0.05) is 42.1 Å². The molecule has 18 heavy (non-hydrogen) atoms. The number of aliphatic hydroxyl groups excluding tert-OH is 1. The topological polar surface area (TPSA) is 32.3 Å². The van der Waals surface area contributed by atoms with Crippen molar-refractivity contribution < 1.29 is 5.11 Å². The smallest absolute Gasteiger partial charge is 0.0499 e. The van der Waals surface area contributed by atoms with Crippen molar-refractivity contribution in [3.8, 4) is 0 Å². The first-order chi connectivity index (χ1) is 8.67. The second-order valence-corrected chi connectivity index (χ2v) is 5.98. The van der Waals surface area contributed by atoms with E-state index in [1.807, 2.05) is 18.2 Å². The normalized spacial score (nSPS) is 18.2. The Morgan fingerprint density at radius 1 is 1.17 bits per heavy atom. The van der Waals surface area contributed by atoms with Crippen LogP contribution in [0.4, 0.5) is 0 Å². The van der Waals surface area contributed by atoms with Crippen molar-refractivity contribution in [1.82, 2.24) is 5.32 Å². The van der Waals surface area contributed by atoms with Crippen LogP contribution in [-0.2, 0) is 6.54 Å². The zero-order chi connectivity index (χ0) is 13.0. The van der Waals surface area contributed by atoms with Gasteiger partial charge < -0.3 is 10.4 Å². The fourth-order valence-electron chi connectivity index (χ4n) is 2.67. The Morgan fingerprint density at radius 2 is 1.78 bits per heavy atom. The zero-order valence-electron chi connectivity index (χ0n) is 10.4. The van der Waals surface area contributed by atoms with Crippen molar-refractivity contribution in [1.29, 1.82) is 0 Å². The molecule has 1 aromatic rings. The maximum atomic E-state index is 9.53.